The monoisotopic (exact) mass is 334 g/mol. The third-order valence-electron chi connectivity index (χ3n) is 3.09. The molecule has 0 bridgehead atoms. The number of halogens is 3. The number of amides is 1. The van der Waals surface area contributed by atoms with E-state index in [0.717, 1.165) is 5.39 Å². The van der Waals surface area contributed by atoms with Crippen LogP contribution >= 0.6 is 23.2 Å². The van der Waals surface area contributed by atoms with Crippen molar-refractivity contribution in [3.8, 4) is 0 Å². The van der Waals surface area contributed by atoms with Gasteiger partial charge in [0.1, 0.15) is 11.0 Å². The van der Waals surface area contributed by atoms with Gasteiger partial charge in [-0.1, -0.05) is 23.2 Å². The first kappa shape index (κ1) is 14.8. The van der Waals surface area contributed by atoms with Gasteiger partial charge in [-0.15, -0.1) is 0 Å². The molecule has 3 nitrogen and oxygen atoms in total. The van der Waals surface area contributed by atoms with Crippen LogP contribution in [0.25, 0.3) is 10.9 Å². The molecule has 1 amide bonds. The lowest BCUT2D eigenvalue weighted by Gasteiger charge is -2.07. The maximum Gasteiger partial charge on any atom is 0.255 e. The number of aromatic nitrogens is 1. The van der Waals surface area contributed by atoms with E-state index in [0.29, 0.717) is 21.9 Å². The third kappa shape index (κ3) is 3.03. The lowest BCUT2D eigenvalue weighted by molar-refractivity contribution is 0.102. The molecule has 0 aliphatic heterocycles. The number of rotatable bonds is 2. The maximum atomic E-state index is 13.1. The summed E-state index contributed by atoms with van der Waals surface area (Å²) in [5.41, 5.74) is 1.58. The molecule has 0 spiro atoms. The number of carbonyl (C=O) groups excluding carboxylic acids is 1. The van der Waals surface area contributed by atoms with Crippen LogP contribution < -0.4 is 5.32 Å². The lowest BCUT2D eigenvalue weighted by atomic mass is 10.1. The minimum Gasteiger partial charge on any atom is -0.322 e. The largest absolute Gasteiger partial charge is 0.322 e. The van der Waals surface area contributed by atoms with Gasteiger partial charge in [0.15, 0.2) is 0 Å². The number of nitrogens with zero attached hydrogens (tertiary/aromatic N) is 1. The van der Waals surface area contributed by atoms with Crippen LogP contribution in [0.5, 0.6) is 0 Å². The molecular weight excluding hydrogens is 326 g/mol. The van der Waals surface area contributed by atoms with E-state index in [2.05, 4.69) is 10.3 Å². The molecular formula is C16H9Cl2FN2O. The Hall–Kier alpha value is -2.17. The van der Waals surface area contributed by atoms with Gasteiger partial charge in [-0.05, 0) is 48.5 Å². The van der Waals surface area contributed by atoms with Crippen molar-refractivity contribution in [1.29, 1.82) is 0 Å². The average Bonchev–Trinajstić information content (AvgIpc) is 2.50. The number of benzene rings is 2. The first-order valence-electron chi connectivity index (χ1n) is 6.36. The molecule has 22 heavy (non-hydrogen) atoms. The predicted molar refractivity (Wildman–Crippen MR) is 86.1 cm³/mol. The summed E-state index contributed by atoms with van der Waals surface area (Å²) in [6.07, 6.45) is 0. The molecule has 0 fully saturated rings. The van der Waals surface area contributed by atoms with Crippen molar-refractivity contribution < 1.29 is 9.18 Å². The lowest BCUT2D eigenvalue weighted by Crippen LogP contribution is -2.11. The van der Waals surface area contributed by atoms with Crippen LogP contribution in [0, 0.1) is 5.82 Å². The minimum atomic E-state index is -0.534. The summed E-state index contributed by atoms with van der Waals surface area (Å²) in [6, 6.07) is 12.5. The topological polar surface area (TPSA) is 42.0 Å². The Balaban J connectivity index is 1.88. The van der Waals surface area contributed by atoms with Gasteiger partial charge in [0, 0.05) is 16.6 Å². The fraction of sp³-hybridized carbons (Fsp3) is 0. The van der Waals surface area contributed by atoms with Crippen molar-refractivity contribution in [2.24, 2.45) is 0 Å². The van der Waals surface area contributed by atoms with Gasteiger partial charge in [-0.2, -0.15) is 0 Å². The molecule has 1 N–H and O–H groups in total. The number of fused-ring (bicyclic) bond motifs is 1. The molecule has 0 unspecified atom stereocenters. The highest BCUT2D eigenvalue weighted by atomic mass is 35.5. The first-order chi connectivity index (χ1) is 10.5. The molecule has 0 saturated carbocycles. The number of carbonyl (C=O) groups is 1. The molecule has 1 aromatic heterocycles. The van der Waals surface area contributed by atoms with Gasteiger partial charge in [0.25, 0.3) is 5.91 Å². The molecule has 2 aromatic carbocycles. The minimum absolute atomic E-state index is 0.0462. The van der Waals surface area contributed by atoms with Crippen molar-refractivity contribution in [2.75, 3.05) is 5.32 Å². The Morgan fingerprint density at radius 3 is 2.64 bits per heavy atom. The summed E-state index contributed by atoms with van der Waals surface area (Å²) in [7, 11) is 0. The van der Waals surface area contributed by atoms with Crippen molar-refractivity contribution in [2.45, 2.75) is 0 Å². The van der Waals surface area contributed by atoms with Crippen LogP contribution in [0.2, 0.25) is 10.2 Å². The second-order valence-corrected chi connectivity index (χ2v) is 5.42. The molecule has 110 valence electrons. The van der Waals surface area contributed by atoms with Crippen LogP contribution in [-0.4, -0.2) is 10.9 Å². The van der Waals surface area contributed by atoms with E-state index in [9.17, 15) is 9.18 Å². The van der Waals surface area contributed by atoms with Crippen molar-refractivity contribution in [3.05, 3.63) is 70.1 Å². The standard InChI is InChI=1S/C16H9Cl2FN2O/c17-12-8-11(3-4-13(12)19)20-16(22)10-1-5-14-9(7-10)2-6-15(18)21-14/h1-8H,(H,20,22). The fourth-order valence-corrected chi connectivity index (χ4v) is 2.35. The molecule has 0 aliphatic rings. The number of hydrogen-bond donors (Lipinski definition) is 1. The Kier molecular flexibility index (Phi) is 3.96. The Labute approximate surface area is 135 Å². The van der Waals surface area contributed by atoms with E-state index < -0.39 is 5.82 Å². The van der Waals surface area contributed by atoms with Crippen LogP contribution in [-0.2, 0) is 0 Å². The zero-order valence-electron chi connectivity index (χ0n) is 11.1. The Morgan fingerprint density at radius 2 is 1.86 bits per heavy atom. The average molecular weight is 335 g/mol. The zero-order valence-corrected chi connectivity index (χ0v) is 12.6. The van der Waals surface area contributed by atoms with Crippen LogP contribution in [0.1, 0.15) is 10.4 Å². The van der Waals surface area contributed by atoms with Crippen LogP contribution in [0.3, 0.4) is 0 Å². The number of pyridine rings is 1. The van der Waals surface area contributed by atoms with Crippen molar-refractivity contribution in [3.63, 3.8) is 0 Å². The van der Waals surface area contributed by atoms with E-state index >= 15 is 0 Å². The van der Waals surface area contributed by atoms with Crippen molar-refractivity contribution in [1.82, 2.24) is 4.98 Å². The summed E-state index contributed by atoms with van der Waals surface area (Å²) in [4.78, 5) is 16.4. The van der Waals surface area contributed by atoms with E-state index in [1.165, 1.54) is 18.2 Å². The first-order valence-corrected chi connectivity index (χ1v) is 7.11. The third-order valence-corrected chi connectivity index (χ3v) is 3.60. The summed E-state index contributed by atoms with van der Waals surface area (Å²) in [5.74, 6) is -0.854. The van der Waals surface area contributed by atoms with Crippen LogP contribution in [0.15, 0.2) is 48.5 Å². The van der Waals surface area contributed by atoms with Gasteiger partial charge in [-0.25, -0.2) is 9.37 Å². The molecule has 0 radical (unpaired) electrons. The second-order valence-electron chi connectivity index (χ2n) is 4.62. The van der Waals surface area contributed by atoms with Gasteiger partial charge < -0.3 is 5.32 Å². The predicted octanol–water partition coefficient (Wildman–Crippen LogP) is 4.93. The Morgan fingerprint density at radius 1 is 1.05 bits per heavy atom. The van der Waals surface area contributed by atoms with Gasteiger partial charge in [0.2, 0.25) is 0 Å². The second kappa shape index (κ2) is 5.91. The molecule has 0 atom stereocenters. The molecule has 1 heterocycles. The van der Waals surface area contributed by atoms with E-state index in [4.69, 9.17) is 23.2 Å². The number of nitrogens with one attached hydrogen (secondary N) is 1. The quantitative estimate of drug-likeness (QED) is 0.675. The number of anilines is 1. The highest BCUT2D eigenvalue weighted by molar-refractivity contribution is 6.31. The summed E-state index contributed by atoms with van der Waals surface area (Å²) in [5, 5.41) is 3.81. The SMILES string of the molecule is O=C(Nc1ccc(F)c(Cl)c1)c1ccc2nc(Cl)ccc2c1. The number of hydrogen-bond acceptors (Lipinski definition) is 2. The molecule has 6 heteroatoms. The van der Waals surface area contributed by atoms with E-state index in [-0.39, 0.29) is 10.9 Å². The van der Waals surface area contributed by atoms with Crippen LogP contribution in [0.4, 0.5) is 10.1 Å². The summed E-state index contributed by atoms with van der Waals surface area (Å²) >= 11 is 11.5. The maximum absolute atomic E-state index is 13.1. The van der Waals surface area contributed by atoms with Gasteiger partial charge in [0.05, 0.1) is 10.5 Å². The molecule has 3 rings (SSSR count). The molecule has 0 saturated heterocycles. The normalized spacial score (nSPS) is 10.7. The van der Waals surface area contributed by atoms with Gasteiger partial charge >= 0.3 is 0 Å². The summed E-state index contributed by atoms with van der Waals surface area (Å²) < 4.78 is 13.1. The van der Waals surface area contributed by atoms with Gasteiger partial charge in [-0.3, -0.25) is 4.79 Å². The van der Waals surface area contributed by atoms with E-state index in [1.54, 1.807) is 30.3 Å². The highest BCUT2D eigenvalue weighted by Crippen LogP contribution is 2.21. The molecule has 0 aliphatic carbocycles. The Bertz CT molecular complexity index is 883. The fourth-order valence-electron chi connectivity index (χ4n) is 2.02. The molecule has 3 aromatic rings. The summed E-state index contributed by atoms with van der Waals surface area (Å²) in [6.45, 7) is 0. The van der Waals surface area contributed by atoms with Crippen molar-refractivity contribution >= 4 is 45.7 Å². The highest BCUT2D eigenvalue weighted by Gasteiger charge is 2.09. The smallest absolute Gasteiger partial charge is 0.255 e. The van der Waals surface area contributed by atoms with E-state index in [1.807, 2.05) is 0 Å². The zero-order chi connectivity index (χ0) is 15.7.